The Morgan fingerprint density at radius 3 is 2.71 bits per heavy atom. The summed E-state index contributed by atoms with van der Waals surface area (Å²) < 4.78 is 10.8. The molecule has 1 aromatic heterocycles. The Kier molecular flexibility index (Phi) is 3.56. The molecule has 4 heteroatoms. The molecule has 0 radical (unpaired) electrons. The van der Waals surface area contributed by atoms with Gasteiger partial charge in [0.1, 0.15) is 11.1 Å². The van der Waals surface area contributed by atoms with Crippen molar-refractivity contribution in [3.63, 3.8) is 0 Å². The Balaban J connectivity index is 2.69. The van der Waals surface area contributed by atoms with Crippen LogP contribution in [-0.2, 0) is 11.2 Å². The zero-order chi connectivity index (χ0) is 10.8. The highest BCUT2D eigenvalue weighted by molar-refractivity contribution is 6.20. The maximum atomic E-state index is 5.83. The Hall–Kier alpha value is -0.540. The first-order valence-electron chi connectivity index (χ1n) is 4.58. The summed E-state index contributed by atoms with van der Waals surface area (Å²) >= 11 is 5.83. The highest BCUT2D eigenvalue weighted by Crippen LogP contribution is 2.22. The Morgan fingerprint density at radius 2 is 2.29 bits per heavy atom. The minimum atomic E-state index is -0.230. The normalized spacial score (nSPS) is 14.4. The lowest BCUT2D eigenvalue weighted by Crippen LogP contribution is -2.25. The first-order chi connectivity index (χ1) is 6.44. The highest BCUT2D eigenvalue weighted by Gasteiger charge is 2.20. The summed E-state index contributed by atoms with van der Waals surface area (Å²) in [7, 11) is 1.68. The molecule has 80 valence electrons. The van der Waals surface area contributed by atoms with Crippen molar-refractivity contribution < 1.29 is 9.15 Å². The Morgan fingerprint density at radius 1 is 1.64 bits per heavy atom. The van der Waals surface area contributed by atoms with Gasteiger partial charge in [-0.05, 0) is 20.8 Å². The van der Waals surface area contributed by atoms with E-state index in [0.717, 1.165) is 5.76 Å². The zero-order valence-electron chi connectivity index (χ0n) is 9.00. The average molecular weight is 218 g/mol. The zero-order valence-corrected chi connectivity index (χ0v) is 9.76. The van der Waals surface area contributed by atoms with Crippen LogP contribution < -0.4 is 0 Å². The molecule has 1 heterocycles. The number of alkyl halides is 1. The molecule has 1 atom stereocenters. The summed E-state index contributed by atoms with van der Waals surface area (Å²) in [5, 5.41) is -0.186. The van der Waals surface area contributed by atoms with Crippen molar-refractivity contribution >= 4 is 11.6 Å². The molecule has 14 heavy (non-hydrogen) atoms. The monoisotopic (exact) mass is 217 g/mol. The van der Waals surface area contributed by atoms with Crippen LogP contribution >= 0.6 is 11.6 Å². The van der Waals surface area contributed by atoms with E-state index in [2.05, 4.69) is 4.98 Å². The summed E-state index contributed by atoms with van der Waals surface area (Å²) in [4.78, 5) is 4.08. The van der Waals surface area contributed by atoms with Crippen molar-refractivity contribution in [2.45, 2.75) is 38.2 Å². The van der Waals surface area contributed by atoms with Gasteiger partial charge in [-0.3, -0.25) is 0 Å². The third-order valence-corrected chi connectivity index (χ3v) is 2.25. The van der Waals surface area contributed by atoms with Gasteiger partial charge in [0.25, 0.3) is 0 Å². The van der Waals surface area contributed by atoms with Crippen LogP contribution in [0, 0.1) is 0 Å². The van der Waals surface area contributed by atoms with Gasteiger partial charge in [0.15, 0.2) is 0 Å². The van der Waals surface area contributed by atoms with Crippen molar-refractivity contribution in [1.82, 2.24) is 4.98 Å². The minimum absolute atomic E-state index is 0.186. The van der Waals surface area contributed by atoms with Crippen LogP contribution in [0.3, 0.4) is 0 Å². The molecule has 0 bridgehead atoms. The topological polar surface area (TPSA) is 35.3 Å². The fourth-order valence-electron chi connectivity index (χ4n) is 1.08. The van der Waals surface area contributed by atoms with E-state index in [0.29, 0.717) is 12.3 Å². The first-order valence-corrected chi connectivity index (χ1v) is 5.02. The number of nitrogens with zero attached hydrogens (tertiary/aromatic N) is 1. The third kappa shape index (κ3) is 3.00. The molecule has 0 aliphatic heterocycles. The second-order valence-electron chi connectivity index (χ2n) is 3.92. The van der Waals surface area contributed by atoms with Crippen LogP contribution in [0.2, 0.25) is 0 Å². The van der Waals surface area contributed by atoms with Crippen molar-refractivity contribution in [3.8, 4) is 0 Å². The van der Waals surface area contributed by atoms with Crippen molar-refractivity contribution in [2.24, 2.45) is 0 Å². The van der Waals surface area contributed by atoms with Crippen molar-refractivity contribution in [1.29, 1.82) is 0 Å². The number of methoxy groups -OCH3 is 1. The molecule has 0 aromatic carbocycles. The van der Waals surface area contributed by atoms with Gasteiger partial charge in [-0.2, -0.15) is 0 Å². The number of ether oxygens (including phenoxy) is 1. The van der Waals surface area contributed by atoms with Crippen LogP contribution in [0.1, 0.15) is 37.8 Å². The summed E-state index contributed by atoms with van der Waals surface area (Å²) in [6, 6.07) is 0. The molecule has 1 unspecified atom stereocenters. The molecule has 0 saturated heterocycles. The van der Waals surface area contributed by atoms with Crippen molar-refractivity contribution in [2.75, 3.05) is 7.11 Å². The molecule has 3 nitrogen and oxygen atoms in total. The van der Waals surface area contributed by atoms with Gasteiger partial charge in [-0.25, -0.2) is 4.98 Å². The van der Waals surface area contributed by atoms with Crippen LogP contribution in [0.15, 0.2) is 10.6 Å². The molecular weight excluding hydrogens is 202 g/mol. The van der Waals surface area contributed by atoms with Crippen LogP contribution in [0.5, 0.6) is 0 Å². The average Bonchev–Trinajstić information content (AvgIpc) is 2.52. The molecule has 1 aromatic rings. The number of rotatable bonds is 4. The summed E-state index contributed by atoms with van der Waals surface area (Å²) in [6.45, 7) is 5.83. The number of hydrogen-bond donors (Lipinski definition) is 0. The molecular formula is C10H16ClNO2. The van der Waals surface area contributed by atoms with E-state index in [1.54, 1.807) is 13.3 Å². The van der Waals surface area contributed by atoms with E-state index in [-0.39, 0.29) is 11.0 Å². The third-order valence-electron chi connectivity index (χ3n) is 2.06. The van der Waals surface area contributed by atoms with Gasteiger partial charge in [-0.1, -0.05) is 0 Å². The van der Waals surface area contributed by atoms with Crippen LogP contribution in [0.25, 0.3) is 0 Å². The number of halogens is 1. The second kappa shape index (κ2) is 4.32. The van der Waals surface area contributed by atoms with Gasteiger partial charge < -0.3 is 9.15 Å². The maximum Gasteiger partial charge on any atom is 0.212 e. The lowest BCUT2D eigenvalue weighted by Gasteiger charge is -2.20. The Bertz CT molecular complexity index is 294. The Labute approximate surface area is 89.4 Å². The fraction of sp³-hybridized carbons (Fsp3) is 0.700. The van der Waals surface area contributed by atoms with Crippen LogP contribution in [-0.4, -0.2) is 17.7 Å². The van der Waals surface area contributed by atoms with Crippen molar-refractivity contribution in [3.05, 3.63) is 17.8 Å². The number of aromatic nitrogens is 1. The predicted molar refractivity (Wildman–Crippen MR) is 55.6 cm³/mol. The van der Waals surface area contributed by atoms with E-state index in [1.165, 1.54) is 0 Å². The summed E-state index contributed by atoms with van der Waals surface area (Å²) in [5.74, 6) is 1.37. The van der Waals surface area contributed by atoms with Gasteiger partial charge in [0.05, 0.1) is 11.8 Å². The molecule has 0 spiro atoms. The SMILES string of the molecule is COC(C)(C)Cc1cnc(C(C)Cl)o1. The smallest absolute Gasteiger partial charge is 0.212 e. The van der Waals surface area contributed by atoms with Gasteiger partial charge in [-0.15, -0.1) is 11.6 Å². The van der Waals surface area contributed by atoms with E-state index >= 15 is 0 Å². The standard InChI is InChI=1S/C10H16ClNO2/c1-7(11)9-12-6-8(14-9)5-10(2,3)13-4/h6-7H,5H2,1-4H3. The summed E-state index contributed by atoms with van der Waals surface area (Å²) in [5.41, 5.74) is -0.230. The number of oxazole rings is 1. The molecule has 0 aliphatic rings. The molecule has 0 amide bonds. The molecule has 0 fully saturated rings. The quantitative estimate of drug-likeness (QED) is 0.728. The van der Waals surface area contributed by atoms with E-state index in [9.17, 15) is 0 Å². The van der Waals surface area contributed by atoms with Crippen LogP contribution in [0.4, 0.5) is 0 Å². The minimum Gasteiger partial charge on any atom is -0.444 e. The lowest BCUT2D eigenvalue weighted by molar-refractivity contribution is 0.0190. The fourth-order valence-corrected chi connectivity index (χ4v) is 1.18. The predicted octanol–water partition coefficient (Wildman–Crippen LogP) is 2.94. The van der Waals surface area contributed by atoms with Gasteiger partial charge in [0.2, 0.25) is 5.89 Å². The van der Waals surface area contributed by atoms with E-state index in [1.807, 2.05) is 20.8 Å². The number of hydrogen-bond acceptors (Lipinski definition) is 3. The van der Waals surface area contributed by atoms with E-state index < -0.39 is 0 Å². The first kappa shape index (κ1) is 11.5. The van der Waals surface area contributed by atoms with E-state index in [4.69, 9.17) is 20.8 Å². The largest absolute Gasteiger partial charge is 0.444 e. The molecule has 0 saturated carbocycles. The van der Waals surface area contributed by atoms with Gasteiger partial charge >= 0.3 is 0 Å². The second-order valence-corrected chi connectivity index (χ2v) is 4.58. The lowest BCUT2D eigenvalue weighted by atomic mass is 10.0. The van der Waals surface area contributed by atoms with Gasteiger partial charge in [0, 0.05) is 13.5 Å². The molecule has 1 rings (SSSR count). The maximum absolute atomic E-state index is 5.83. The summed E-state index contributed by atoms with van der Waals surface area (Å²) in [6.07, 6.45) is 2.40. The highest BCUT2D eigenvalue weighted by atomic mass is 35.5. The molecule has 0 N–H and O–H groups in total. The molecule has 0 aliphatic carbocycles.